The average molecular weight is 134 g/mol. The van der Waals surface area contributed by atoms with Crippen molar-refractivity contribution in [2.45, 2.75) is 13.8 Å². The minimum atomic E-state index is 2.00. The van der Waals surface area contributed by atoms with Gasteiger partial charge >= 0.3 is 0 Å². The van der Waals surface area contributed by atoms with Gasteiger partial charge < -0.3 is 0 Å². The molecule has 0 saturated carbocycles. The monoisotopic (exact) mass is 134 g/mol. The Morgan fingerprint density at radius 2 is 1.00 bits per heavy atom. The van der Waals surface area contributed by atoms with Gasteiger partial charge in [-0.1, -0.05) is 13.8 Å². The summed E-state index contributed by atoms with van der Waals surface area (Å²) in [6.45, 7) is 4.00. The Morgan fingerprint density at radius 3 is 1.00 bits per heavy atom. The second-order valence-electron chi connectivity index (χ2n) is 0. The molecule has 0 amide bonds. The normalized spacial score (nSPS) is 3.00. The summed E-state index contributed by atoms with van der Waals surface area (Å²) >= 11 is 6.44. The van der Waals surface area contributed by atoms with Crippen LogP contribution < -0.4 is 0 Å². The van der Waals surface area contributed by atoms with Crippen LogP contribution in [0.4, 0.5) is 9.15 Å². The molecule has 0 unspecified atom stereocenters. The van der Waals surface area contributed by atoms with Crippen LogP contribution in [-0.2, 0) is 0 Å². The van der Waals surface area contributed by atoms with Gasteiger partial charge in [0.2, 0.25) is 0 Å². The van der Waals surface area contributed by atoms with E-state index < -0.39 is 0 Å². The van der Waals surface area contributed by atoms with E-state index in [0.717, 1.165) is 0 Å². The van der Waals surface area contributed by atoms with E-state index in [1.54, 1.807) is 0 Å². The van der Waals surface area contributed by atoms with Gasteiger partial charge in [0.15, 0.2) is 0 Å². The molecule has 0 fully saturated rings. The van der Waals surface area contributed by atoms with E-state index in [0.29, 0.717) is 0 Å². The van der Waals surface area contributed by atoms with Crippen molar-refractivity contribution in [2.75, 3.05) is 0 Å². The molecular formula is C2H8F2S2. The summed E-state index contributed by atoms with van der Waals surface area (Å²) in [5, 5.41) is 0. The largest absolute Gasteiger partial charge is 0.115 e. The maximum atomic E-state index is 8.00. The molecule has 0 aliphatic carbocycles. The molecular weight excluding hydrogens is 126 g/mol. The van der Waals surface area contributed by atoms with Gasteiger partial charge in [-0.25, -0.2) is 0 Å². The van der Waals surface area contributed by atoms with Crippen molar-refractivity contribution >= 4 is 23.3 Å². The molecule has 0 heterocycles. The van der Waals surface area contributed by atoms with Crippen LogP contribution in [-0.4, -0.2) is 0 Å². The van der Waals surface area contributed by atoms with Crippen molar-refractivity contribution in [2.24, 2.45) is 0 Å². The first-order valence-electron chi connectivity index (χ1n) is 1.34. The zero-order valence-corrected chi connectivity index (χ0v) is 5.44. The summed E-state index contributed by atoms with van der Waals surface area (Å²) in [6.07, 6.45) is 0. The molecule has 0 aliphatic heterocycles. The summed E-state index contributed by atoms with van der Waals surface area (Å²) in [4.78, 5) is 0. The van der Waals surface area contributed by atoms with Crippen molar-refractivity contribution in [1.82, 2.24) is 0 Å². The first-order valence-corrected chi connectivity index (χ1v) is 2.94. The highest BCUT2D eigenvalue weighted by Gasteiger charge is 1.00. The highest BCUT2D eigenvalue weighted by molar-refractivity contribution is 8.59. The standard InChI is InChI=1S/C2H6.F2.H2S2/c3*1-2/h1-2H3;;1-2H. The highest BCUT2D eigenvalue weighted by Crippen LogP contribution is 1.65. The molecule has 0 spiro atoms. The molecule has 6 heavy (non-hydrogen) atoms. The Hall–Kier alpha value is 0.560. The van der Waals surface area contributed by atoms with Gasteiger partial charge in [0, 0.05) is 9.15 Å². The Labute approximate surface area is 47.0 Å². The number of thiol groups is 2. The minimum Gasteiger partial charge on any atom is -0.115 e. The van der Waals surface area contributed by atoms with E-state index in [1.165, 1.54) is 0 Å². The maximum absolute atomic E-state index is 8.00. The van der Waals surface area contributed by atoms with Gasteiger partial charge in [0.05, 0.1) is 0 Å². The van der Waals surface area contributed by atoms with E-state index in [2.05, 4.69) is 23.3 Å². The quantitative estimate of drug-likeness (QED) is 0.369. The lowest BCUT2D eigenvalue weighted by molar-refractivity contribution is 0.108. The van der Waals surface area contributed by atoms with Crippen LogP contribution in [0.3, 0.4) is 0 Å². The van der Waals surface area contributed by atoms with Crippen LogP contribution in [0.1, 0.15) is 13.8 Å². The van der Waals surface area contributed by atoms with Crippen LogP contribution in [0, 0.1) is 0 Å². The molecule has 0 saturated heterocycles. The zero-order valence-electron chi connectivity index (χ0n) is 3.65. The lowest BCUT2D eigenvalue weighted by atomic mass is 11.0. The van der Waals surface area contributed by atoms with Gasteiger partial charge in [0.25, 0.3) is 0 Å². The summed E-state index contributed by atoms with van der Waals surface area (Å²) in [5.74, 6) is 0. The molecule has 42 valence electrons. The maximum Gasteiger partial charge on any atom is 0 e. The smallest absolute Gasteiger partial charge is 0 e. The van der Waals surface area contributed by atoms with Gasteiger partial charge in [0.1, 0.15) is 0 Å². The first-order chi connectivity index (χ1) is 3.00. The molecule has 0 radical (unpaired) electrons. The van der Waals surface area contributed by atoms with Gasteiger partial charge in [-0.15, -0.1) is 23.3 Å². The lowest BCUT2D eigenvalue weighted by Crippen LogP contribution is -0.856. The predicted octanol–water partition coefficient (Wildman–Crippen LogP) is 2.63. The number of hydrogen-bond acceptors (Lipinski definition) is 2. The highest BCUT2D eigenvalue weighted by atomic mass is 33.1. The molecule has 0 N–H and O–H groups in total. The molecule has 0 aromatic rings. The van der Waals surface area contributed by atoms with E-state index in [-0.39, 0.29) is 0 Å². The van der Waals surface area contributed by atoms with Crippen molar-refractivity contribution in [3.05, 3.63) is 0 Å². The Bertz CT molecular complexity index is 9.51. The fourth-order valence-electron chi connectivity index (χ4n) is 0. The zero-order chi connectivity index (χ0) is 6.00. The Balaban J connectivity index is -0.0000000225. The molecule has 0 bridgehead atoms. The van der Waals surface area contributed by atoms with E-state index >= 15 is 0 Å². The third kappa shape index (κ3) is 184. The van der Waals surface area contributed by atoms with Crippen LogP contribution in [0.15, 0.2) is 0 Å². The van der Waals surface area contributed by atoms with E-state index in [9.17, 15) is 0 Å². The molecule has 0 aromatic heterocycles. The first kappa shape index (κ1) is 16.0. The average Bonchev–Trinajstić information content (AvgIpc) is 1.81. The van der Waals surface area contributed by atoms with Crippen LogP contribution in [0.25, 0.3) is 0 Å². The summed E-state index contributed by atoms with van der Waals surface area (Å²) in [6, 6.07) is 0. The van der Waals surface area contributed by atoms with Gasteiger partial charge in [-0.05, 0) is 0 Å². The Morgan fingerprint density at radius 1 is 1.00 bits per heavy atom. The minimum absolute atomic E-state index is 2.00. The van der Waals surface area contributed by atoms with E-state index in [1.807, 2.05) is 13.8 Å². The van der Waals surface area contributed by atoms with Crippen molar-refractivity contribution in [3.63, 3.8) is 0 Å². The summed E-state index contributed by atoms with van der Waals surface area (Å²) in [7, 11) is 0. The van der Waals surface area contributed by atoms with Crippen molar-refractivity contribution in [1.29, 1.82) is 0 Å². The molecule has 0 rings (SSSR count). The van der Waals surface area contributed by atoms with Gasteiger partial charge in [-0.3, -0.25) is 0 Å². The van der Waals surface area contributed by atoms with Crippen LogP contribution in [0.5, 0.6) is 0 Å². The summed E-state index contributed by atoms with van der Waals surface area (Å²) < 4.78 is 16.0. The lowest BCUT2D eigenvalue weighted by Gasteiger charge is -1.11. The fraction of sp³-hybridized carbons (Fsp3) is 1.00. The molecule has 0 atom stereocenters. The predicted molar refractivity (Wildman–Crippen MR) is 31.5 cm³/mol. The third-order valence-corrected chi connectivity index (χ3v) is 0. The van der Waals surface area contributed by atoms with Crippen molar-refractivity contribution in [3.8, 4) is 0 Å². The second-order valence-corrected chi connectivity index (χ2v) is 0. The van der Waals surface area contributed by atoms with E-state index in [4.69, 9.17) is 9.15 Å². The number of hydrogen-bond donors (Lipinski definition) is 2. The number of rotatable bonds is 0. The van der Waals surface area contributed by atoms with Crippen LogP contribution in [0.2, 0.25) is 0 Å². The molecule has 4 heteroatoms. The molecule has 0 aliphatic rings. The van der Waals surface area contributed by atoms with Crippen LogP contribution >= 0.6 is 23.3 Å². The Kier molecular flexibility index (Phi) is 983. The number of halogens is 2. The second kappa shape index (κ2) is 369. The fourth-order valence-corrected chi connectivity index (χ4v) is 0. The SMILES string of the molecule is CC.FF.SS. The molecule has 0 nitrogen and oxygen atoms in total. The molecule has 0 aromatic carbocycles. The topological polar surface area (TPSA) is 0 Å². The van der Waals surface area contributed by atoms with Gasteiger partial charge in [-0.2, -0.15) is 0 Å². The van der Waals surface area contributed by atoms with Crippen molar-refractivity contribution < 1.29 is 9.15 Å². The third-order valence-electron chi connectivity index (χ3n) is 0. The summed E-state index contributed by atoms with van der Waals surface area (Å²) in [5.41, 5.74) is 0.